The minimum absolute atomic E-state index is 0.133. The first-order valence-electron chi connectivity index (χ1n) is 3.73. The molecule has 0 rings (SSSR count). The molecular formula is C6H15F2N3S2. The molecule has 0 saturated heterocycles. The zero-order valence-corrected chi connectivity index (χ0v) is 8.92. The zero-order chi connectivity index (χ0) is 10.5. The lowest BCUT2D eigenvalue weighted by atomic mass is 10.2. The van der Waals surface area contributed by atoms with Crippen LogP contribution in [0.5, 0.6) is 0 Å². The highest BCUT2D eigenvalue weighted by atomic mass is 32.1. The van der Waals surface area contributed by atoms with E-state index in [0.29, 0.717) is 0 Å². The van der Waals surface area contributed by atoms with Crippen molar-refractivity contribution >= 4 is 25.3 Å². The first-order valence-corrected chi connectivity index (χ1v) is 4.99. The van der Waals surface area contributed by atoms with Crippen molar-refractivity contribution in [3.05, 3.63) is 0 Å². The summed E-state index contributed by atoms with van der Waals surface area (Å²) in [5.41, 5.74) is 10.2. The second kappa shape index (κ2) is 5.35. The molecule has 0 spiro atoms. The number of halogens is 2. The summed E-state index contributed by atoms with van der Waals surface area (Å²) in [5.74, 6) is -4.22. The Morgan fingerprint density at radius 1 is 1.23 bits per heavy atom. The second-order valence-electron chi connectivity index (χ2n) is 2.87. The maximum Gasteiger partial charge on any atom is 0.182 e. The lowest BCUT2D eigenvalue weighted by Gasteiger charge is -2.27. The molecule has 0 aliphatic rings. The fourth-order valence-corrected chi connectivity index (χ4v) is 0.907. The number of nitrogens with one attached hydrogen (secondary N) is 1. The van der Waals surface area contributed by atoms with E-state index in [0.717, 1.165) is 0 Å². The highest BCUT2D eigenvalue weighted by Gasteiger charge is 2.30. The van der Waals surface area contributed by atoms with Gasteiger partial charge in [0.2, 0.25) is 0 Å². The van der Waals surface area contributed by atoms with Crippen LogP contribution in [0, 0.1) is 0 Å². The standard InChI is InChI=1S/C6H15F2N3S2/c7-5(10,3-12)2-11-6(8,1-9)4-13/h11-13H,1-4,9-10H2/t5?,6-/m0/s1. The Balaban J connectivity index is 3.99. The quantitative estimate of drug-likeness (QED) is 0.322. The van der Waals surface area contributed by atoms with E-state index in [4.69, 9.17) is 11.5 Å². The van der Waals surface area contributed by atoms with Crippen molar-refractivity contribution in [2.75, 3.05) is 24.6 Å². The third-order valence-corrected chi connectivity index (χ3v) is 2.56. The lowest BCUT2D eigenvalue weighted by Crippen LogP contribution is -2.56. The summed E-state index contributed by atoms with van der Waals surface area (Å²) in [6, 6.07) is 0. The molecule has 0 fully saturated rings. The Hall–Kier alpha value is 0.440. The van der Waals surface area contributed by atoms with Crippen molar-refractivity contribution in [2.24, 2.45) is 11.5 Å². The molecule has 0 aromatic carbocycles. The first kappa shape index (κ1) is 13.4. The summed E-state index contributed by atoms with van der Waals surface area (Å²) in [6.07, 6.45) is 0. The third kappa shape index (κ3) is 5.02. The molecule has 0 aromatic heterocycles. The Morgan fingerprint density at radius 2 is 1.77 bits per heavy atom. The van der Waals surface area contributed by atoms with Crippen molar-refractivity contribution in [3.8, 4) is 0 Å². The van der Waals surface area contributed by atoms with Gasteiger partial charge in [-0.1, -0.05) is 0 Å². The van der Waals surface area contributed by atoms with Gasteiger partial charge in [-0.15, -0.1) is 0 Å². The van der Waals surface area contributed by atoms with Crippen LogP contribution in [0.3, 0.4) is 0 Å². The largest absolute Gasteiger partial charge is 0.326 e. The molecule has 0 amide bonds. The van der Waals surface area contributed by atoms with Gasteiger partial charge in [0.25, 0.3) is 0 Å². The van der Waals surface area contributed by atoms with Gasteiger partial charge >= 0.3 is 0 Å². The molecule has 7 heteroatoms. The van der Waals surface area contributed by atoms with Crippen LogP contribution in [0.2, 0.25) is 0 Å². The van der Waals surface area contributed by atoms with Gasteiger partial charge in [0.05, 0.1) is 0 Å². The van der Waals surface area contributed by atoms with Gasteiger partial charge in [-0.3, -0.25) is 11.1 Å². The summed E-state index contributed by atoms with van der Waals surface area (Å²) >= 11 is 7.42. The maximum absolute atomic E-state index is 13.4. The van der Waals surface area contributed by atoms with Gasteiger partial charge in [0, 0.05) is 24.6 Å². The van der Waals surface area contributed by atoms with Gasteiger partial charge in [0.15, 0.2) is 11.6 Å². The van der Waals surface area contributed by atoms with Crippen LogP contribution in [0.4, 0.5) is 8.78 Å². The first-order chi connectivity index (χ1) is 5.89. The van der Waals surface area contributed by atoms with Crippen LogP contribution in [0.15, 0.2) is 0 Å². The Kier molecular flexibility index (Phi) is 5.53. The van der Waals surface area contributed by atoms with E-state index < -0.39 is 11.6 Å². The van der Waals surface area contributed by atoms with E-state index in [-0.39, 0.29) is 24.6 Å². The SMILES string of the molecule is NC[C@@](F)(CS)NCC(N)(F)CS. The molecule has 3 nitrogen and oxygen atoms in total. The van der Waals surface area contributed by atoms with Crippen LogP contribution < -0.4 is 16.8 Å². The Morgan fingerprint density at radius 3 is 2.08 bits per heavy atom. The summed E-state index contributed by atoms with van der Waals surface area (Å²) in [6.45, 7) is -0.621. The molecular weight excluding hydrogens is 216 g/mol. The van der Waals surface area contributed by atoms with Crippen molar-refractivity contribution < 1.29 is 8.78 Å². The molecule has 0 bridgehead atoms. The van der Waals surface area contributed by atoms with Crippen LogP contribution in [0.25, 0.3) is 0 Å². The van der Waals surface area contributed by atoms with Gasteiger partial charge < -0.3 is 5.73 Å². The molecule has 5 N–H and O–H groups in total. The average Bonchev–Trinajstić information content (AvgIpc) is 2.14. The molecule has 13 heavy (non-hydrogen) atoms. The predicted molar refractivity (Wildman–Crippen MR) is 56.6 cm³/mol. The lowest BCUT2D eigenvalue weighted by molar-refractivity contribution is 0.110. The van der Waals surface area contributed by atoms with E-state index in [1.165, 1.54) is 0 Å². The minimum atomic E-state index is -2.03. The minimum Gasteiger partial charge on any atom is -0.326 e. The van der Waals surface area contributed by atoms with Crippen molar-refractivity contribution in [1.82, 2.24) is 5.32 Å². The number of hydrogen-bond acceptors (Lipinski definition) is 5. The molecule has 0 heterocycles. The summed E-state index contributed by atoms with van der Waals surface area (Å²) in [7, 11) is 0. The van der Waals surface area contributed by atoms with Gasteiger partial charge in [-0.25, -0.2) is 8.78 Å². The fraction of sp³-hybridized carbons (Fsp3) is 1.00. The van der Waals surface area contributed by atoms with E-state index in [2.05, 4.69) is 30.6 Å². The molecule has 0 saturated carbocycles. The van der Waals surface area contributed by atoms with Crippen LogP contribution in [0.1, 0.15) is 0 Å². The Bertz CT molecular complexity index is 153. The monoisotopic (exact) mass is 231 g/mol. The number of alkyl halides is 2. The molecule has 80 valence electrons. The number of hydrogen-bond donors (Lipinski definition) is 5. The molecule has 0 aromatic rings. The van der Waals surface area contributed by atoms with E-state index >= 15 is 0 Å². The van der Waals surface area contributed by atoms with E-state index in [1.54, 1.807) is 0 Å². The molecule has 0 aliphatic carbocycles. The maximum atomic E-state index is 13.4. The molecule has 0 aliphatic heterocycles. The van der Waals surface area contributed by atoms with Gasteiger partial charge in [0.1, 0.15) is 0 Å². The molecule has 0 radical (unpaired) electrons. The predicted octanol–water partition coefficient (Wildman–Crippen LogP) is -0.315. The highest BCUT2D eigenvalue weighted by molar-refractivity contribution is 7.80. The van der Waals surface area contributed by atoms with E-state index in [1.807, 2.05) is 0 Å². The number of thiol groups is 2. The molecule has 2 atom stereocenters. The second-order valence-corrected chi connectivity index (χ2v) is 3.51. The van der Waals surface area contributed by atoms with E-state index in [9.17, 15) is 8.78 Å². The number of nitrogens with two attached hydrogens (primary N) is 2. The summed E-state index contributed by atoms with van der Waals surface area (Å²) in [5, 5.41) is 2.27. The topological polar surface area (TPSA) is 64.1 Å². The number of rotatable bonds is 6. The average molecular weight is 231 g/mol. The van der Waals surface area contributed by atoms with Crippen molar-refractivity contribution in [1.29, 1.82) is 0 Å². The van der Waals surface area contributed by atoms with Gasteiger partial charge in [-0.05, 0) is 0 Å². The summed E-state index contributed by atoms with van der Waals surface area (Å²) < 4.78 is 26.4. The summed E-state index contributed by atoms with van der Waals surface area (Å²) in [4.78, 5) is 0. The van der Waals surface area contributed by atoms with Crippen molar-refractivity contribution in [2.45, 2.75) is 11.6 Å². The normalized spacial score (nSPS) is 20.8. The van der Waals surface area contributed by atoms with Gasteiger partial charge in [-0.2, -0.15) is 25.3 Å². The fourth-order valence-electron chi connectivity index (χ4n) is 0.554. The highest BCUT2D eigenvalue weighted by Crippen LogP contribution is 2.10. The third-order valence-electron chi connectivity index (χ3n) is 1.54. The zero-order valence-electron chi connectivity index (χ0n) is 7.13. The molecule has 1 unspecified atom stereocenters. The van der Waals surface area contributed by atoms with Crippen LogP contribution in [-0.4, -0.2) is 36.2 Å². The van der Waals surface area contributed by atoms with Crippen molar-refractivity contribution in [3.63, 3.8) is 0 Å². The van der Waals surface area contributed by atoms with Crippen LogP contribution in [-0.2, 0) is 0 Å². The Labute approximate surface area is 87.4 Å². The smallest absolute Gasteiger partial charge is 0.182 e. The van der Waals surface area contributed by atoms with Crippen LogP contribution >= 0.6 is 25.3 Å².